The monoisotopic (exact) mass is 291 g/mol. The van der Waals surface area contributed by atoms with Gasteiger partial charge in [0, 0.05) is 18.9 Å². The fourth-order valence-electron chi connectivity index (χ4n) is 2.86. The van der Waals surface area contributed by atoms with E-state index in [-0.39, 0.29) is 11.4 Å². The Morgan fingerprint density at radius 2 is 2.10 bits per heavy atom. The van der Waals surface area contributed by atoms with Gasteiger partial charge in [-0.05, 0) is 29.7 Å². The highest BCUT2D eigenvalue weighted by Gasteiger charge is 2.37. The van der Waals surface area contributed by atoms with Crippen LogP contribution in [-0.2, 0) is 9.47 Å². The number of nitro benzene ring substituents is 1. The van der Waals surface area contributed by atoms with Gasteiger partial charge in [-0.1, -0.05) is 6.08 Å². The number of rotatable bonds is 3. The highest BCUT2D eigenvalue weighted by atomic mass is 16.7. The Hall–Kier alpha value is -1.92. The third-order valence-corrected chi connectivity index (χ3v) is 4.00. The van der Waals surface area contributed by atoms with E-state index in [9.17, 15) is 10.1 Å². The zero-order valence-electron chi connectivity index (χ0n) is 11.8. The Labute approximate surface area is 122 Å². The number of nitrogens with zero attached hydrogens (tertiary/aromatic N) is 1. The Kier molecular flexibility index (Phi) is 3.65. The van der Waals surface area contributed by atoms with Crippen molar-refractivity contribution in [3.63, 3.8) is 0 Å². The average Bonchev–Trinajstić information content (AvgIpc) is 2.95. The van der Waals surface area contributed by atoms with Crippen LogP contribution in [0.25, 0.3) is 5.57 Å². The molecule has 0 saturated carbocycles. The van der Waals surface area contributed by atoms with Crippen LogP contribution in [0.1, 0.15) is 24.8 Å². The standard InChI is InChI=1S/C15H17NO5/c1-19-14-10-12(2-3-13(14)16(17)18)11-4-6-15(7-5-11)20-8-9-21-15/h2-4,10H,5-9H2,1H3. The predicted octanol–water partition coefficient (Wildman–Crippen LogP) is 2.91. The van der Waals surface area contributed by atoms with Crippen LogP contribution in [0.5, 0.6) is 5.75 Å². The molecule has 6 heteroatoms. The van der Waals surface area contributed by atoms with E-state index in [4.69, 9.17) is 14.2 Å². The molecule has 1 aliphatic carbocycles. The van der Waals surface area contributed by atoms with Gasteiger partial charge in [-0.15, -0.1) is 0 Å². The summed E-state index contributed by atoms with van der Waals surface area (Å²) in [7, 11) is 1.44. The van der Waals surface area contributed by atoms with Crippen LogP contribution in [0.3, 0.4) is 0 Å². The van der Waals surface area contributed by atoms with Crippen molar-refractivity contribution in [2.24, 2.45) is 0 Å². The van der Waals surface area contributed by atoms with Crippen molar-refractivity contribution >= 4 is 11.3 Å². The number of hydrogen-bond acceptors (Lipinski definition) is 5. The molecule has 6 nitrogen and oxygen atoms in total. The van der Waals surface area contributed by atoms with Gasteiger partial charge < -0.3 is 14.2 Å². The second-order valence-corrected chi connectivity index (χ2v) is 5.18. The second-order valence-electron chi connectivity index (χ2n) is 5.18. The first-order valence-electron chi connectivity index (χ1n) is 6.93. The van der Waals surface area contributed by atoms with Gasteiger partial charge in [-0.2, -0.15) is 0 Å². The minimum atomic E-state index is -0.450. The molecule has 3 rings (SSSR count). The van der Waals surface area contributed by atoms with Crippen molar-refractivity contribution in [2.45, 2.75) is 25.0 Å². The minimum absolute atomic E-state index is 0.0170. The summed E-state index contributed by atoms with van der Waals surface area (Å²) < 4.78 is 16.5. The molecule has 112 valence electrons. The van der Waals surface area contributed by atoms with Gasteiger partial charge >= 0.3 is 5.69 Å². The molecular formula is C15H17NO5. The number of benzene rings is 1. The van der Waals surface area contributed by atoms with Crippen LogP contribution in [0.15, 0.2) is 24.3 Å². The van der Waals surface area contributed by atoms with Crippen molar-refractivity contribution < 1.29 is 19.1 Å². The van der Waals surface area contributed by atoms with Crippen molar-refractivity contribution in [3.8, 4) is 5.75 Å². The summed E-state index contributed by atoms with van der Waals surface area (Å²) in [5.74, 6) is -0.166. The first-order chi connectivity index (χ1) is 10.1. The largest absolute Gasteiger partial charge is 0.490 e. The molecule has 1 heterocycles. The summed E-state index contributed by atoms with van der Waals surface area (Å²) in [6.45, 7) is 1.29. The van der Waals surface area contributed by atoms with E-state index in [0.29, 0.717) is 19.6 Å². The van der Waals surface area contributed by atoms with Crippen LogP contribution in [0.4, 0.5) is 5.69 Å². The summed E-state index contributed by atoms with van der Waals surface area (Å²) in [5, 5.41) is 10.9. The second kappa shape index (κ2) is 5.46. The molecule has 0 bridgehead atoms. The molecule has 0 amide bonds. The highest BCUT2D eigenvalue weighted by molar-refractivity contribution is 5.69. The van der Waals surface area contributed by atoms with Gasteiger partial charge in [0.15, 0.2) is 11.5 Å². The number of hydrogen-bond donors (Lipinski definition) is 0. The molecule has 0 aromatic heterocycles. The van der Waals surface area contributed by atoms with Gasteiger partial charge in [0.2, 0.25) is 0 Å². The Bertz CT molecular complexity index is 590. The smallest absolute Gasteiger partial charge is 0.310 e. The summed E-state index contributed by atoms with van der Waals surface area (Å²) in [4.78, 5) is 10.5. The molecule has 0 atom stereocenters. The normalized spacial score (nSPS) is 20.3. The van der Waals surface area contributed by atoms with Crippen LogP contribution in [0, 0.1) is 10.1 Å². The first kappa shape index (κ1) is 14.0. The lowest BCUT2D eigenvalue weighted by Crippen LogP contribution is -2.31. The maximum Gasteiger partial charge on any atom is 0.310 e. The first-order valence-corrected chi connectivity index (χ1v) is 6.93. The molecule has 2 aliphatic rings. The fourth-order valence-corrected chi connectivity index (χ4v) is 2.86. The van der Waals surface area contributed by atoms with E-state index in [0.717, 1.165) is 24.0 Å². The molecule has 0 radical (unpaired) electrons. The lowest BCUT2D eigenvalue weighted by Gasteiger charge is -2.30. The van der Waals surface area contributed by atoms with Crippen LogP contribution >= 0.6 is 0 Å². The van der Waals surface area contributed by atoms with Crippen molar-refractivity contribution in [1.29, 1.82) is 0 Å². The average molecular weight is 291 g/mol. The number of ether oxygens (including phenoxy) is 3. The quantitative estimate of drug-likeness (QED) is 0.632. The lowest BCUT2D eigenvalue weighted by atomic mass is 9.89. The Balaban J connectivity index is 1.84. The zero-order valence-corrected chi connectivity index (χ0v) is 11.8. The van der Waals surface area contributed by atoms with Gasteiger partial charge in [0.1, 0.15) is 0 Å². The molecule has 0 unspecified atom stereocenters. The number of allylic oxidation sites excluding steroid dienone is 1. The number of nitro groups is 1. The van der Waals surface area contributed by atoms with Gasteiger partial charge in [-0.3, -0.25) is 10.1 Å². The van der Waals surface area contributed by atoms with E-state index in [1.165, 1.54) is 13.2 Å². The predicted molar refractivity (Wildman–Crippen MR) is 76.1 cm³/mol. The maximum atomic E-state index is 10.9. The van der Waals surface area contributed by atoms with E-state index >= 15 is 0 Å². The third-order valence-electron chi connectivity index (χ3n) is 4.00. The molecule has 1 spiro atoms. The number of methoxy groups -OCH3 is 1. The summed E-state index contributed by atoms with van der Waals surface area (Å²) >= 11 is 0. The Morgan fingerprint density at radius 1 is 1.33 bits per heavy atom. The molecule has 1 aromatic rings. The molecular weight excluding hydrogens is 274 g/mol. The van der Waals surface area contributed by atoms with E-state index in [1.54, 1.807) is 12.1 Å². The molecule has 1 fully saturated rings. The lowest BCUT2D eigenvalue weighted by molar-refractivity contribution is -0.385. The zero-order chi connectivity index (χ0) is 14.9. The van der Waals surface area contributed by atoms with Gasteiger partial charge in [-0.25, -0.2) is 0 Å². The highest BCUT2D eigenvalue weighted by Crippen LogP contribution is 2.39. The molecule has 1 aromatic carbocycles. The van der Waals surface area contributed by atoms with Crippen LogP contribution in [0.2, 0.25) is 0 Å². The van der Waals surface area contributed by atoms with Crippen LogP contribution in [-0.4, -0.2) is 31.0 Å². The molecule has 0 N–H and O–H groups in total. The molecule has 1 saturated heterocycles. The third kappa shape index (κ3) is 2.64. The van der Waals surface area contributed by atoms with E-state index < -0.39 is 10.7 Å². The topological polar surface area (TPSA) is 70.8 Å². The van der Waals surface area contributed by atoms with Crippen molar-refractivity contribution in [2.75, 3.05) is 20.3 Å². The van der Waals surface area contributed by atoms with Crippen molar-refractivity contribution in [3.05, 3.63) is 40.0 Å². The molecule has 21 heavy (non-hydrogen) atoms. The van der Waals surface area contributed by atoms with E-state index in [2.05, 4.69) is 6.08 Å². The van der Waals surface area contributed by atoms with Gasteiger partial charge in [0.05, 0.1) is 25.2 Å². The molecule has 1 aliphatic heterocycles. The van der Waals surface area contributed by atoms with Gasteiger partial charge in [0.25, 0.3) is 0 Å². The minimum Gasteiger partial charge on any atom is -0.490 e. The fraction of sp³-hybridized carbons (Fsp3) is 0.467. The summed E-state index contributed by atoms with van der Waals surface area (Å²) in [6.07, 6.45) is 4.43. The maximum absolute atomic E-state index is 10.9. The van der Waals surface area contributed by atoms with Crippen LogP contribution < -0.4 is 4.74 Å². The van der Waals surface area contributed by atoms with E-state index in [1.807, 2.05) is 0 Å². The Morgan fingerprint density at radius 3 is 2.67 bits per heavy atom. The summed E-state index contributed by atoms with van der Waals surface area (Å²) in [6, 6.07) is 4.97. The SMILES string of the molecule is COc1cc(C2=CCC3(CC2)OCCO3)ccc1[N+](=O)[O-]. The van der Waals surface area contributed by atoms with Crippen molar-refractivity contribution in [1.82, 2.24) is 0 Å². The summed E-state index contributed by atoms with van der Waals surface area (Å²) in [5.41, 5.74) is 2.08.